The first-order chi connectivity index (χ1) is 8.58. The van der Waals surface area contributed by atoms with Gasteiger partial charge in [-0.15, -0.1) is 0 Å². The highest BCUT2D eigenvalue weighted by atomic mass is 79.9. The second kappa shape index (κ2) is 5.09. The lowest BCUT2D eigenvalue weighted by Crippen LogP contribution is -1.98. The number of halogens is 1. The molecule has 6 nitrogen and oxygen atoms in total. The molecule has 0 bridgehead atoms. The van der Waals surface area contributed by atoms with Crippen LogP contribution in [0.3, 0.4) is 0 Å². The largest absolute Gasteiger partial charge is 0.432 e. The van der Waals surface area contributed by atoms with Crippen molar-refractivity contribution in [1.29, 1.82) is 0 Å². The number of aryl methyl sites for hydroxylation is 1. The summed E-state index contributed by atoms with van der Waals surface area (Å²) in [5, 5.41) is 11.0. The number of nitrogens with zero attached hydrogens (tertiary/aromatic N) is 3. The summed E-state index contributed by atoms with van der Waals surface area (Å²) in [5.74, 6) is 0.338. The Hall–Kier alpha value is -2.02. The van der Waals surface area contributed by atoms with Crippen LogP contribution in [0.1, 0.15) is 5.56 Å². The van der Waals surface area contributed by atoms with Crippen LogP contribution in [0.15, 0.2) is 35.2 Å². The Kier molecular flexibility index (Phi) is 3.52. The molecular weight excluding hydrogens is 302 g/mol. The summed E-state index contributed by atoms with van der Waals surface area (Å²) < 4.78 is 6.11. The molecule has 2 rings (SSSR count). The van der Waals surface area contributed by atoms with Gasteiger partial charge in [0.2, 0.25) is 0 Å². The molecule has 0 amide bonds. The van der Waals surface area contributed by atoms with Gasteiger partial charge in [0.05, 0.1) is 11.1 Å². The van der Waals surface area contributed by atoms with Crippen LogP contribution in [-0.4, -0.2) is 14.9 Å². The minimum Gasteiger partial charge on any atom is -0.432 e. The highest BCUT2D eigenvalue weighted by Crippen LogP contribution is 2.31. The fourth-order valence-electron chi connectivity index (χ4n) is 1.38. The minimum atomic E-state index is -0.511. The topological polar surface area (TPSA) is 78.2 Å². The molecule has 2 aromatic heterocycles. The summed E-state index contributed by atoms with van der Waals surface area (Å²) in [4.78, 5) is 18.2. The van der Waals surface area contributed by atoms with E-state index < -0.39 is 4.92 Å². The van der Waals surface area contributed by atoms with Crippen molar-refractivity contribution >= 4 is 21.6 Å². The lowest BCUT2D eigenvalue weighted by molar-refractivity contribution is -0.386. The fraction of sp³-hybridized carbons (Fsp3) is 0.0909. The van der Waals surface area contributed by atoms with Crippen LogP contribution in [0.4, 0.5) is 5.69 Å². The van der Waals surface area contributed by atoms with Crippen molar-refractivity contribution in [3.63, 3.8) is 0 Å². The molecule has 0 saturated heterocycles. The molecule has 0 aliphatic carbocycles. The zero-order chi connectivity index (χ0) is 13.1. The number of rotatable bonds is 3. The van der Waals surface area contributed by atoms with Gasteiger partial charge in [-0.05, 0) is 35.0 Å². The normalized spacial score (nSPS) is 10.1. The quantitative estimate of drug-likeness (QED) is 0.642. The summed E-state index contributed by atoms with van der Waals surface area (Å²) in [6.45, 7) is 1.63. The Balaban J connectivity index is 2.40. The average molecular weight is 310 g/mol. The van der Waals surface area contributed by atoms with Crippen LogP contribution < -0.4 is 4.74 Å². The predicted octanol–water partition coefficient (Wildman–Crippen LogP) is 3.25. The standard InChI is InChI=1S/C11H8BrN3O3/c1-7-2-3-14-11(10(7)15(16)17)18-9-4-8(12)5-13-6-9/h2-6H,1H3. The molecule has 18 heavy (non-hydrogen) atoms. The first-order valence-electron chi connectivity index (χ1n) is 4.96. The van der Waals surface area contributed by atoms with Gasteiger partial charge < -0.3 is 4.74 Å². The highest BCUT2D eigenvalue weighted by molar-refractivity contribution is 9.10. The van der Waals surface area contributed by atoms with E-state index in [4.69, 9.17) is 4.74 Å². The van der Waals surface area contributed by atoms with E-state index in [1.54, 1.807) is 25.3 Å². The maximum atomic E-state index is 11.0. The van der Waals surface area contributed by atoms with Gasteiger partial charge in [-0.25, -0.2) is 4.98 Å². The summed E-state index contributed by atoms with van der Waals surface area (Å²) in [7, 11) is 0. The minimum absolute atomic E-state index is 0.0418. The van der Waals surface area contributed by atoms with Crippen LogP contribution in [0.25, 0.3) is 0 Å². The Morgan fingerprint density at radius 1 is 1.44 bits per heavy atom. The van der Waals surface area contributed by atoms with Crippen molar-refractivity contribution in [2.24, 2.45) is 0 Å². The van der Waals surface area contributed by atoms with Crippen LogP contribution >= 0.6 is 15.9 Å². The third-order valence-electron chi connectivity index (χ3n) is 2.17. The van der Waals surface area contributed by atoms with E-state index in [0.29, 0.717) is 11.3 Å². The summed E-state index contributed by atoms with van der Waals surface area (Å²) in [6, 6.07) is 3.21. The molecule has 7 heteroatoms. The second-order valence-electron chi connectivity index (χ2n) is 3.48. The second-order valence-corrected chi connectivity index (χ2v) is 4.40. The van der Waals surface area contributed by atoms with Gasteiger partial charge in [0, 0.05) is 22.4 Å². The van der Waals surface area contributed by atoms with Gasteiger partial charge in [-0.1, -0.05) is 0 Å². The number of ether oxygens (including phenoxy) is 1. The molecule has 0 unspecified atom stereocenters. The molecular formula is C11H8BrN3O3. The number of pyridine rings is 2. The van der Waals surface area contributed by atoms with E-state index >= 15 is 0 Å². The number of hydrogen-bond acceptors (Lipinski definition) is 5. The van der Waals surface area contributed by atoms with Crippen LogP contribution in [0.2, 0.25) is 0 Å². The van der Waals surface area contributed by atoms with E-state index in [1.807, 2.05) is 0 Å². The van der Waals surface area contributed by atoms with Gasteiger partial charge in [-0.3, -0.25) is 15.1 Å². The van der Waals surface area contributed by atoms with Gasteiger partial charge in [0.1, 0.15) is 5.75 Å². The van der Waals surface area contributed by atoms with Crippen molar-refractivity contribution in [3.05, 3.63) is 50.9 Å². The monoisotopic (exact) mass is 309 g/mol. The summed E-state index contributed by atoms with van der Waals surface area (Å²) >= 11 is 3.24. The summed E-state index contributed by atoms with van der Waals surface area (Å²) in [5.41, 5.74) is 0.352. The maximum Gasteiger partial charge on any atom is 0.334 e. The molecule has 0 atom stereocenters. The Morgan fingerprint density at radius 3 is 2.89 bits per heavy atom. The molecule has 0 saturated carbocycles. The smallest absolute Gasteiger partial charge is 0.334 e. The average Bonchev–Trinajstić information content (AvgIpc) is 2.28. The van der Waals surface area contributed by atoms with E-state index in [1.165, 1.54) is 12.4 Å². The molecule has 0 N–H and O–H groups in total. The van der Waals surface area contributed by atoms with Gasteiger partial charge >= 0.3 is 5.69 Å². The SMILES string of the molecule is Cc1ccnc(Oc2cncc(Br)c2)c1[N+](=O)[O-]. The van der Waals surface area contributed by atoms with E-state index in [9.17, 15) is 10.1 Å². The lowest BCUT2D eigenvalue weighted by Gasteiger charge is -2.06. The van der Waals surface area contributed by atoms with Gasteiger partial charge in [-0.2, -0.15) is 0 Å². The van der Waals surface area contributed by atoms with Crippen molar-refractivity contribution < 1.29 is 9.66 Å². The van der Waals surface area contributed by atoms with Crippen molar-refractivity contribution in [1.82, 2.24) is 9.97 Å². The first-order valence-corrected chi connectivity index (χ1v) is 5.75. The number of hydrogen-bond donors (Lipinski definition) is 0. The maximum absolute atomic E-state index is 11.0. The highest BCUT2D eigenvalue weighted by Gasteiger charge is 2.20. The Bertz CT molecular complexity index is 604. The molecule has 92 valence electrons. The van der Waals surface area contributed by atoms with Crippen molar-refractivity contribution in [2.45, 2.75) is 6.92 Å². The number of aromatic nitrogens is 2. The van der Waals surface area contributed by atoms with Crippen LogP contribution in [-0.2, 0) is 0 Å². The van der Waals surface area contributed by atoms with Crippen molar-refractivity contribution in [2.75, 3.05) is 0 Å². The molecule has 0 radical (unpaired) electrons. The molecule has 0 spiro atoms. The zero-order valence-corrected chi connectivity index (χ0v) is 10.9. The van der Waals surface area contributed by atoms with Crippen LogP contribution in [0.5, 0.6) is 11.6 Å². The Labute approximate surface area is 111 Å². The fourth-order valence-corrected chi connectivity index (χ4v) is 1.73. The number of nitro groups is 1. The lowest BCUT2D eigenvalue weighted by atomic mass is 10.2. The van der Waals surface area contributed by atoms with Gasteiger partial charge in [0.15, 0.2) is 0 Å². The molecule has 0 aliphatic rings. The first kappa shape index (κ1) is 12.4. The molecule has 2 heterocycles. The molecule has 0 aliphatic heterocycles. The Morgan fingerprint density at radius 2 is 2.22 bits per heavy atom. The third kappa shape index (κ3) is 2.62. The predicted molar refractivity (Wildman–Crippen MR) is 67.6 cm³/mol. The third-order valence-corrected chi connectivity index (χ3v) is 2.60. The van der Waals surface area contributed by atoms with Crippen molar-refractivity contribution in [3.8, 4) is 11.6 Å². The molecule has 2 aromatic rings. The van der Waals surface area contributed by atoms with E-state index in [0.717, 1.165) is 4.47 Å². The van der Waals surface area contributed by atoms with Crippen LogP contribution in [0, 0.1) is 17.0 Å². The van der Waals surface area contributed by atoms with E-state index in [2.05, 4.69) is 25.9 Å². The molecule has 0 fully saturated rings. The van der Waals surface area contributed by atoms with E-state index in [-0.39, 0.29) is 11.6 Å². The summed E-state index contributed by atoms with van der Waals surface area (Å²) in [6.07, 6.45) is 4.51. The zero-order valence-electron chi connectivity index (χ0n) is 9.33. The molecule has 0 aromatic carbocycles. The van der Waals surface area contributed by atoms with Gasteiger partial charge in [0.25, 0.3) is 5.88 Å².